The van der Waals surface area contributed by atoms with Gasteiger partial charge in [0.05, 0.1) is 0 Å². The maximum absolute atomic E-state index is 8.63. The molecule has 0 radical (unpaired) electrons. The van der Waals surface area contributed by atoms with Gasteiger partial charge in [-0.25, -0.2) is 0 Å². The Kier molecular flexibility index (Phi) is 3.87. The first-order valence-corrected chi connectivity index (χ1v) is 4.64. The number of aliphatic hydroxyl groups excluding tert-OH is 1. The molecule has 0 aromatic carbocycles. The summed E-state index contributed by atoms with van der Waals surface area (Å²) in [6.45, 7) is 4.76. The largest absolute Gasteiger partial charge is 0.396 e. The second-order valence-electron chi connectivity index (χ2n) is 3.72. The Morgan fingerprint density at radius 1 is 1.55 bits per heavy atom. The Hall–Kier alpha value is -0.0800. The van der Waals surface area contributed by atoms with E-state index in [0.29, 0.717) is 12.5 Å². The van der Waals surface area contributed by atoms with Gasteiger partial charge in [-0.2, -0.15) is 0 Å². The number of aliphatic hydroxyl groups is 1. The molecule has 1 aliphatic rings. The molecule has 2 nitrogen and oxygen atoms in total. The summed E-state index contributed by atoms with van der Waals surface area (Å²) in [5.74, 6) is 1.59. The van der Waals surface area contributed by atoms with Crippen LogP contribution in [0.3, 0.4) is 0 Å². The van der Waals surface area contributed by atoms with Crippen molar-refractivity contribution in [2.24, 2.45) is 11.8 Å². The van der Waals surface area contributed by atoms with Crippen molar-refractivity contribution in [3.05, 3.63) is 0 Å². The van der Waals surface area contributed by atoms with Crippen LogP contribution in [0, 0.1) is 11.8 Å². The molecule has 1 saturated carbocycles. The molecule has 1 aliphatic carbocycles. The van der Waals surface area contributed by atoms with Crippen LogP contribution in [-0.2, 0) is 0 Å². The van der Waals surface area contributed by atoms with Gasteiger partial charge in [0, 0.05) is 6.61 Å². The lowest BCUT2D eigenvalue weighted by Crippen LogP contribution is -2.23. The molecule has 0 amide bonds. The molecule has 1 atom stereocenters. The Morgan fingerprint density at radius 3 is 2.82 bits per heavy atom. The summed E-state index contributed by atoms with van der Waals surface area (Å²) in [6, 6.07) is 0. The van der Waals surface area contributed by atoms with E-state index in [1.54, 1.807) is 0 Å². The zero-order valence-electron chi connectivity index (χ0n) is 7.34. The van der Waals surface area contributed by atoms with Gasteiger partial charge in [0.1, 0.15) is 0 Å². The molecule has 0 aromatic rings. The van der Waals surface area contributed by atoms with Gasteiger partial charge in [-0.3, -0.25) is 0 Å². The van der Waals surface area contributed by atoms with E-state index in [-0.39, 0.29) is 0 Å². The van der Waals surface area contributed by atoms with E-state index in [0.717, 1.165) is 18.9 Å². The van der Waals surface area contributed by atoms with Crippen LogP contribution in [-0.4, -0.2) is 24.8 Å². The number of hydrogen-bond acceptors (Lipinski definition) is 2. The molecule has 0 saturated heterocycles. The molecule has 1 rings (SSSR count). The summed E-state index contributed by atoms with van der Waals surface area (Å²) in [5, 5.41) is 12.1. The monoisotopic (exact) mass is 157 g/mol. The summed E-state index contributed by atoms with van der Waals surface area (Å²) < 4.78 is 0. The molecule has 2 N–H and O–H groups in total. The molecule has 0 bridgehead atoms. The maximum atomic E-state index is 8.63. The molecule has 0 aliphatic heterocycles. The third-order valence-corrected chi connectivity index (χ3v) is 2.24. The van der Waals surface area contributed by atoms with Crippen LogP contribution >= 0.6 is 0 Å². The highest BCUT2D eigenvalue weighted by molar-refractivity contribution is 4.75. The minimum absolute atomic E-state index is 0.326. The van der Waals surface area contributed by atoms with Gasteiger partial charge >= 0.3 is 0 Å². The average Bonchev–Trinajstić information content (AvgIpc) is 2.72. The summed E-state index contributed by atoms with van der Waals surface area (Å²) >= 11 is 0. The Bertz CT molecular complexity index is 102. The van der Waals surface area contributed by atoms with E-state index in [4.69, 9.17) is 5.11 Å². The maximum Gasteiger partial charge on any atom is 0.0434 e. The first-order valence-electron chi connectivity index (χ1n) is 4.64. The molecule has 11 heavy (non-hydrogen) atoms. The smallest absolute Gasteiger partial charge is 0.0434 e. The van der Waals surface area contributed by atoms with Crippen LogP contribution in [0.4, 0.5) is 0 Å². The quantitative estimate of drug-likeness (QED) is 0.603. The molecule has 1 unspecified atom stereocenters. The lowest BCUT2D eigenvalue weighted by atomic mass is 10.1. The van der Waals surface area contributed by atoms with Crippen LogP contribution in [0.15, 0.2) is 0 Å². The van der Waals surface area contributed by atoms with Crippen molar-refractivity contribution in [1.29, 1.82) is 0 Å². The van der Waals surface area contributed by atoms with Crippen molar-refractivity contribution >= 4 is 0 Å². The average molecular weight is 157 g/mol. The third-order valence-electron chi connectivity index (χ3n) is 2.24. The second kappa shape index (κ2) is 4.73. The van der Waals surface area contributed by atoms with Crippen molar-refractivity contribution in [1.82, 2.24) is 5.32 Å². The van der Waals surface area contributed by atoms with E-state index in [9.17, 15) is 0 Å². The molecule has 1 fully saturated rings. The minimum atomic E-state index is 0.326. The van der Waals surface area contributed by atoms with E-state index < -0.39 is 0 Å². The first kappa shape index (κ1) is 9.01. The Balaban J connectivity index is 1.84. The summed E-state index contributed by atoms with van der Waals surface area (Å²) in [4.78, 5) is 0. The van der Waals surface area contributed by atoms with E-state index in [2.05, 4.69) is 12.2 Å². The fourth-order valence-electron chi connectivity index (χ4n) is 1.18. The van der Waals surface area contributed by atoms with Crippen LogP contribution in [0.2, 0.25) is 0 Å². The topological polar surface area (TPSA) is 32.3 Å². The zero-order chi connectivity index (χ0) is 8.10. The molecule has 0 heterocycles. The van der Waals surface area contributed by atoms with Gasteiger partial charge in [0.2, 0.25) is 0 Å². The molecule has 0 spiro atoms. The van der Waals surface area contributed by atoms with E-state index in [1.807, 2.05) is 0 Å². The van der Waals surface area contributed by atoms with Gasteiger partial charge < -0.3 is 10.4 Å². The lowest BCUT2D eigenvalue weighted by molar-refractivity contribution is 0.260. The fourth-order valence-corrected chi connectivity index (χ4v) is 1.18. The van der Waals surface area contributed by atoms with Crippen LogP contribution in [0.25, 0.3) is 0 Å². The van der Waals surface area contributed by atoms with Gasteiger partial charge in [-0.15, -0.1) is 0 Å². The van der Waals surface area contributed by atoms with Gasteiger partial charge in [-0.05, 0) is 44.2 Å². The predicted octanol–water partition coefficient (Wildman–Crippen LogP) is 1.00. The molecular weight excluding hydrogens is 138 g/mol. The fraction of sp³-hybridized carbons (Fsp3) is 1.00. The van der Waals surface area contributed by atoms with Crippen LogP contribution in [0.5, 0.6) is 0 Å². The highest BCUT2D eigenvalue weighted by Crippen LogP contribution is 2.27. The lowest BCUT2D eigenvalue weighted by Gasteiger charge is -2.09. The van der Waals surface area contributed by atoms with Crippen molar-refractivity contribution < 1.29 is 5.11 Å². The van der Waals surface area contributed by atoms with Crippen molar-refractivity contribution in [3.63, 3.8) is 0 Å². The predicted molar refractivity (Wildman–Crippen MR) is 46.5 cm³/mol. The third kappa shape index (κ3) is 4.38. The zero-order valence-corrected chi connectivity index (χ0v) is 7.34. The minimum Gasteiger partial charge on any atom is -0.396 e. The highest BCUT2D eigenvalue weighted by Gasteiger charge is 2.20. The van der Waals surface area contributed by atoms with Crippen molar-refractivity contribution in [3.8, 4) is 0 Å². The number of hydrogen-bond donors (Lipinski definition) is 2. The number of rotatable bonds is 6. The standard InChI is InChI=1S/C9H19NO/c1-8(4-5-11)6-10-7-9-2-3-9/h8-11H,2-7H2,1H3. The normalized spacial score (nSPS) is 20.2. The summed E-state index contributed by atoms with van der Waals surface area (Å²) in [6.07, 6.45) is 3.76. The van der Waals surface area contributed by atoms with Crippen molar-refractivity contribution in [2.75, 3.05) is 19.7 Å². The second-order valence-corrected chi connectivity index (χ2v) is 3.72. The Morgan fingerprint density at radius 2 is 2.27 bits per heavy atom. The molecule has 66 valence electrons. The van der Waals surface area contributed by atoms with E-state index in [1.165, 1.54) is 19.4 Å². The molecule has 2 heteroatoms. The number of nitrogens with one attached hydrogen (secondary N) is 1. The van der Waals surface area contributed by atoms with Gasteiger partial charge in [-0.1, -0.05) is 6.92 Å². The summed E-state index contributed by atoms with van der Waals surface area (Å²) in [7, 11) is 0. The SMILES string of the molecule is CC(CCO)CNCC1CC1. The van der Waals surface area contributed by atoms with Crippen LogP contribution < -0.4 is 5.32 Å². The van der Waals surface area contributed by atoms with Gasteiger partial charge in [0.25, 0.3) is 0 Å². The highest BCUT2D eigenvalue weighted by atomic mass is 16.3. The van der Waals surface area contributed by atoms with Crippen LogP contribution in [0.1, 0.15) is 26.2 Å². The van der Waals surface area contributed by atoms with E-state index >= 15 is 0 Å². The molecule has 0 aromatic heterocycles. The van der Waals surface area contributed by atoms with Gasteiger partial charge in [0.15, 0.2) is 0 Å². The Labute approximate surface area is 69.0 Å². The first-order chi connectivity index (χ1) is 5.33. The molecular formula is C9H19NO. The summed E-state index contributed by atoms with van der Waals surface area (Å²) in [5.41, 5.74) is 0. The van der Waals surface area contributed by atoms with Crippen molar-refractivity contribution in [2.45, 2.75) is 26.2 Å².